The lowest BCUT2D eigenvalue weighted by atomic mass is 9.86. The maximum Gasteiger partial charge on any atom is 0.212 e. The molecule has 6 nitrogen and oxygen atoms in total. The Morgan fingerprint density at radius 3 is 1.43 bits per heavy atom. The monoisotopic (exact) mass is 378 g/mol. The summed E-state index contributed by atoms with van der Waals surface area (Å²) in [6.07, 6.45) is 0. The Labute approximate surface area is 163 Å². The van der Waals surface area contributed by atoms with Gasteiger partial charge in [0.05, 0.1) is 26.4 Å². The Morgan fingerprint density at radius 1 is 0.643 bits per heavy atom. The van der Waals surface area contributed by atoms with Crippen LogP contribution < -0.4 is 0 Å². The SMILES string of the molecule is O=C1C(N2CCOCC2)=C(N2CCOCC2)C(=O)c2cc3ccccc3cc21. The predicted octanol–water partition coefficient (Wildman–Crippen LogP) is 2.09. The molecular weight excluding hydrogens is 356 g/mol. The van der Waals surface area contributed by atoms with E-state index in [0.717, 1.165) is 10.8 Å². The number of ether oxygens (including phenoxy) is 2. The van der Waals surface area contributed by atoms with Crippen LogP contribution in [0.1, 0.15) is 20.7 Å². The number of benzene rings is 2. The number of Topliss-reactive ketones (excluding diaryl/α,β-unsaturated/α-hetero) is 2. The van der Waals surface area contributed by atoms with Crippen LogP contribution in [0, 0.1) is 0 Å². The van der Waals surface area contributed by atoms with Gasteiger partial charge in [0.25, 0.3) is 0 Å². The van der Waals surface area contributed by atoms with Crippen molar-refractivity contribution in [2.45, 2.75) is 0 Å². The van der Waals surface area contributed by atoms with Crippen LogP contribution in [0.2, 0.25) is 0 Å². The van der Waals surface area contributed by atoms with Crippen molar-refractivity contribution in [3.05, 3.63) is 58.9 Å². The van der Waals surface area contributed by atoms with Gasteiger partial charge in [0.1, 0.15) is 11.4 Å². The van der Waals surface area contributed by atoms with Gasteiger partial charge in [0, 0.05) is 37.3 Å². The molecule has 0 saturated carbocycles. The molecule has 0 atom stereocenters. The molecule has 6 heteroatoms. The Bertz CT molecular complexity index is 907. The number of hydrogen-bond acceptors (Lipinski definition) is 6. The number of ketones is 2. The van der Waals surface area contributed by atoms with Gasteiger partial charge in [-0.1, -0.05) is 24.3 Å². The summed E-state index contributed by atoms with van der Waals surface area (Å²) >= 11 is 0. The summed E-state index contributed by atoms with van der Waals surface area (Å²) in [7, 11) is 0. The highest BCUT2D eigenvalue weighted by Gasteiger charge is 2.38. The van der Waals surface area contributed by atoms with Gasteiger partial charge in [-0.05, 0) is 22.9 Å². The molecule has 0 aromatic heterocycles. The lowest BCUT2D eigenvalue weighted by Crippen LogP contribution is -2.46. The quantitative estimate of drug-likeness (QED) is 0.798. The Balaban J connectivity index is 1.68. The molecule has 5 rings (SSSR count). The van der Waals surface area contributed by atoms with Crippen LogP contribution >= 0.6 is 0 Å². The van der Waals surface area contributed by atoms with E-state index in [1.165, 1.54) is 0 Å². The molecule has 0 amide bonds. The third-order valence-electron chi connectivity index (χ3n) is 5.68. The van der Waals surface area contributed by atoms with Gasteiger partial charge in [-0.2, -0.15) is 0 Å². The molecule has 0 radical (unpaired) electrons. The van der Waals surface area contributed by atoms with Gasteiger partial charge in [-0.3, -0.25) is 9.59 Å². The molecule has 2 aromatic rings. The average molecular weight is 378 g/mol. The van der Waals surface area contributed by atoms with Crippen molar-refractivity contribution in [1.29, 1.82) is 0 Å². The summed E-state index contributed by atoms with van der Waals surface area (Å²) in [5.41, 5.74) is 2.06. The fourth-order valence-electron chi connectivity index (χ4n) is 4.25. The number of carbonyl (C=O) groups excluding carboxylic acids is 2. The fraction of sp³-hybridized carbons (Fsp3) is 0.364. The average Bonchev–Trinajstić information content (AvgIpc) is 2.76. The van der Waals surface area contributed by atoms with Gasteiger partial charge in [-0.15, -0.1) is 0 Å². The summed E-state index contributed by atoms with van der Waals surface area (Å²) < 4.78 is 10.9. The topological polar surface area (TPSA) is 59.1 Å². The minimum atomic E-state index is -0.0660. The first-order valence-electron chi connectivity index (χ1n) is 9.76. The van der Waals surface area contributed by atoms with E-state index in [1.807, 2.05) is 46.2 Å². The molecule has 144 valence electrons. The van der Waals surface area contributed by atoms with E-state index < -0.39 is 0 Å². The first-order chi connectivity index (χ1) is 13.7. The third kappa shape index (κ3) is 2.80. The number of allylic oxidation sites excluding steroid dienone is 2. The molecule has 2 heterocycles. The molecule has 0 unspecified atom stereocenters. The highest BCUT2D eigenvalue weighted by molar-refractivity contribution is 6.27. The van der Waals surface area contributed by atoms with Gasteiger partial charge < -0.3 is 19.3 Å². The Kier molecular flexibility index (Phi) is 4.37. The van der Waals surface area contributed by atoms with E-state index in [0.29, 0.717) is 75.1 Å². The zero-order valence-electron chi connectivity index (χ0n) is 15.6. The van der Waals surface area contributed by atoms with Crippen molar-refractivity contribution in [3.63, 3.8) is 0 Å². The number of nitrogens with zero attached hydrogens (tertiary/aromatic N) is 2. The van der Waals surface area contributed by atoms with E-state index in [2.05, 4.69) is 0 Å². The molecule has 0 bridgehead atoms. The second-order valence-corrected chi connectivity index (χ2v) is 7.30. The zero-order valence-corrected chi connectivity index (χ0v) is 15.6. The van der Waals surface area contributed by atoms with Crippen LogP contribution in [-0.2, 0) is 9.47 Å². The molecule has 1 aliphatic carbocycles. The summed E-state index contributed by atoms with van der Waals surface area (Å²) in [4.78, 5) is 31.3. The van der Waals surface area contributed by atoms with E-state index in [1.54, 1.807) is 0 Å². The molecule has 2 fully saturated rings. The molecular formula is C22H22N2O4. The number of morpholine rings is 2. The van der Waals surface area contributed by atoms with E-state index >= 15 is 0 Å². The van der Waals surface area contributed by atoms with E-state index in [4.69, 9.17) is 9.47 Å². The first kappa shape index (κ1) is 17.4. The molecule has 2 saturated heterocycles. The van der Waals surface area contributed by atoms with Crippen LogP contribution in [0.3, 0.4) is 0 Å². The number of rotatable bonds is 2. The summed E-state index contributed by atoms with van der Waals surface area (Å²) in [6, 6.07) is 11.6. The van der Waals surface area contributed by atoms with Gasteiger partial charge in [0.2, 0.25) is 11.6 Å². The lowest BCUT2D eigenvalue weighted by molar-refractivity contribution is 0.0377. The van der Waals surface area contributed by atoms with E-state index in [-0.39, 0.29) is 11.6 Å². The Morgan fingerprint density at radius 2 is 1.04 bits per heavy atom. The normalized spacial score (nSPS) is 20.7. The largest absolute Gasteiger partial charge is 0.378 e. The summed E-state index contributed by atoms with van der Waals surface area (Å²) in [5, 5.41) is 1.94. The van der Waals surface area contributed by atoms with Crippen molar-refractivity contribution < 1.29 is 19.1 Å². The van der Waals surface area contributed by atoms with Gasteiger partial charge >= 0.3 is 0 Å². The number of carbonyl (C=O) groups is 2. The number of hydrogen-bond donors (Lipinski definition) is 0. The van der Waals surface area contributed by atoms with Crippen molar-refractivity contribution in [1.82, 2.24) is 9.80 Å². The van der Waals surface area contributed by atoms with E-state index in [9.17, 15) is 9.59 Å². The standard InChI is InChI=1S/C22H22N2O4/c25-21-17-13-15-3-1-2-4-16(15)14-18(17)22(26)20(24-7-11-28-12-8-24)19(21)23-5-9-27-10-6-23/h1-4,13-14H,5-12H2. The summed E-state index contributed by atoms with van der Waals surface area (Å²) in [5.74, 6) is -0.132. The van der Waals surface area contributed by atoms with Crippen LogP contribution in [-0.4, -0.2) is 74.0 Å². The van der Waals surface area contributed by atoms with Crippen LogP contribution in [0.4, 0.5) is 0 Å². The minimum absolute atomic E-state index is 0.0660. The molecule has 0 spiro atoms. The van der Waals surface area contributed by atoms with Gasteiger partial charge in [0.15, 0.2) is 0 Å². The molecule has 2 aliphatic heterocycles. The van der Waals surface area contributed by atoms with Crippen LogP contribution in [0.15, 0.2) is 47.8 Å². The van der Waals surface area contributed by atoms with Crippen molar-refractivity contribution in [2.24, 2.45) is 0 Å². The lowest BCUT2D eigenvalue weighted by Gasteiger charge is -2.38. The minimum Gasteiger partial charge on any atom is -0.378 e. The summed E-state index contributed by atoms with van der Waals surface area (Å²) in [6.45, 7) is 4.71. The fourth-order valence-corrected chi connectivity index (χ4v) is 4.25. The second kappa shape index (κ2) is 7.04. The zero-order chi connectivity index (χ0) is 19.1. The maximum atomic E-state index is 13.6. The third-order valence-corrected chi connectivity index (χ3v) is 5.68. The number of fused-ring (bicyclic) bond motifs is 2. The molecule has 2 aromatic carbocycles. The van der Waals surface area contributed by atoms with Crippen molar-refractivity contribution in [2.75, 3.05) is 52.6 Å². The Hall–Kier alpha value is -2.70. The smallest absolute Gasteiger partial charge is 0.212 e. The van der Waals surface area contributed by atoms with Crippen molar-refractivity contribution in [3.8, 4) is 0 Å². The maximum absolute atomic E-state index is 13.6. The molecule has 3 aliphatic rings. The highest BCUT2D eigenvalue weighted by Crippen LogP contribution is 2.33. The highest BCUT2D eigenvalue weighted by atomic mass is 16.5. The second-order valence-electron chi connectivity index (χ2n) is 7.30. The molecule has 28 heavy (non-hydrogen) atoms. The van der Waals surface area contributed by atoms with Crippen LogP contribution in [0.5, 0.6) is 0 Å². The van der Waals surface area contributed by atoms with Crippen LogP contribution in [0.25, 0.3) is 10.8 Å². The first-order valence-corrected chi connectivity index (χ1v) is 9.76. The van der Waals surface area contributed by atoms with Crippen molar-refractivity contribution >= 4 is 22.3 Å². The van der Waals surface area contributed by atoms with Gasteiger partial charge in [-0.25, -0.2) is 0 Å². The molecule has 0 N–H and O–H groups in total. The predicted molar refractivity (Wildman–Crippen MR) is 104 cm³/mol.